The maximum absolute atomic E-state index is 9.38. The van der Waals surface area contributed by atoms with Crippen molar-refractivity contribution in [2.45, 2.75) is 39.7 Å². The van der Waals surface area contributed by atoms with Gasteiger partial charge in [-0.05, 0) is 32.3 Å². The molecule has 70 valence electrons. The molecule has 1 unspecified atom stereocenters. The molecule has 0 aliphatic heterocycles. The van der Waals surface area contributed by atoms with Crippen molar-refractivity contribution in [1.82, 2.24) is 0 Å². The maximum atomic E-state index is 9.38. The van der Waals surface area contributed by atoms with Gasteiger partial charge in [0.1, 0.15) is 0 Å². The van der Waals surface area contributed by atoms with Gasteiger partial charge in [0.2, 0.25) is 0 Å². The minimum atomic E-state index is -0.273. The van der Waals surface area contributed by atoms with Gasteiger partial charge in [-0.1, -0.05) is 30.7 Å². The average Bonchev–Trinajstić information content (AvgIpc) is 2.03. The quantitative estimate of drug-likeness (QED) is 0.672. The minimum Gasteiger partial charge on any atom is -0.393 e. The predicted octanol–water partition coefficient (Wildman–Crippen LogP) is 3.24. The summed E-state index contributed by atoms with van der Waals surface area (Å²) < 4.78 is 0. The Morgan fingerprint density at radius 3 is 2.50 bits per heavy atom. The fourth-order valence-electron chi connectivity index (χ4n) is 0.923. The molecule has 0 aromatic heterocycles. The van der Waals surface area contributed by atoms with E-state index in [2.05, 4.69) is 0 Å². The Hall–Kier alpha value is -0.270. The van der Waals surface area contributed by atoms with Crippen LogP contribution in [0.4, 0.5) is 0 Å². The molecule has 2 heteroatoms. The van der Waals surface area contributed by atoms with E-state index in [-0.39, 0.29) is 6.10 Å². The lowest BCUT2D eigenvalue weighted by atomic mass is 10.1. The molecular weight excluding hydrogens is 172 g/mol. The lowest BCUT2D eigenvalue weighted by molar-refractivity contribution is 0.171. The van der Waals surface area contributed by atoms with Crippen molar-refractivity contribution >= 4 is 11.6 Å². The first kappa shape index (κ1) is 11.7. The molecule has 0 saturated carbocycles. The lowest BCUT2D eigenvalue weighted by Crippen LogP contribution is -2.05. The van der Waals surface area contributed by atoms with E-state index in [1.54, 1.807) is 0 Å². The number of aliphatic hydroxyl groups excluding tert-OH is 1. The zero-order valence-corrected chi connectivity index (χ0v) is 8.73. The van der Waals surface area contributed by atoms with Crippen LogP contribution in [0.2, 0.25) is 0 Å². The first-order valence-corrected chi connectivity index (χ1v) is 4.65. The van der Waals surface area contributed by atoms with Crippen molar-refractivity contribution < 1.29 is 5.11 Å². The Morgan fingerprint density at radius 1 is 1.58 bits per heavy atom. The molecule has 0 spiro atoms. The summed E-state index contributed by atoms with van der Waals surface area (Å²) in [5, 5.41) is 10.1. The van der Waals surface area contributed by atoms with E-state index in [9.17, 15) is 5.11 Å². The third kappa shape index (κ3) is 4.58. The van der Waals surface area contributed by atoms with E-state index in [4.69, 9.17) is 11.6 Å². The summed E-state index contributed by atoms with van der Waals surface area (Å²) in [7, 11) is 0. The van der Waals surface area contributed by atoms with Crippen molar-refractivity contribution in [1.29, 1.82) is 0 Å². The maximum Gasteiger partial charge on any atom is 0.0578 e. The summed E-state index contributed by atoms with van der Waals surface area (Å²) in [5.74, 6) is 0. The van der Waals surface area contributed by atoms with Crippen molar-refractivity contribution in [3.63, 3.8) is 0 Å². The van der Waals surface area contributed by atoms with E-state index >= 15 is 0 Å². The molecular formula is C10H17ClO. The largest absolute Gasteiger partial charge is 0.393 e. The second kappa shape index (κ2) is 6.27. The normalized spacial score (nSPS) is 16.4. The molecule has 0 aliphatic carbocycles. The van der Waals surface area contributed by atoms with Gasteiger partial charge in [0.15, 0.2) is 0 Å². The van der Waals surface area contributed by atoms with Crippen molar-refractivity contribution in [2.75, 3.05) is 0 Å². The molecule has 0 aliphatic rings. The van der Waals surface area contributed by atoms with Gasteiger partial charge in [-0.15, -0.1) is 0 Å². The summed E-state index contributed by atoms with van der Waals surface area (Å²) in [6.07, 6.45) is 5.02. The zero-order valence-electron chi connectivity index (χ0n) is 7.97. The van der Waals surface area contributed by atoms with Gasteiger partial charge < -0.3 is 5.11 Å². The molecule has 1 nitrogen and oxygen atoms in total. The fraction of sp³-hybridized carbons (Fsp3) is 0.600. The van der Waals surface area contributed by atoms with E-state index in [1.165, 1.54) is 0 Å². The summed E-state index contributed by atoms with van der Waals surface area (Å²) >= 11 is 5.84. The van der Waals surface area contributed by atoms with Gasteiger partial charge in [0.25, 0.3) is 0 Å². The number of hydrogen-bond acceptors (Lipinski definition) is 1. The molecule has 0 radical (unpaired) electrons. The summed E-state index contributed by atoms with van der Waals surface area (Å²) in [4.78, 5) is 0. The van der Waals surface area contributed by atoms with Crippen molar-refractivity contribution in [3.05, 3.63) is 22.8 Å². The van der Waals surface area contributed by atoms with Crippen LogP contribution in [-0.4, -0.2) is 11.2 Å². The third-order valence-electron chi connectivity index (χ3n) is 1.74. The summed E-state index contributed by atoms with van der Waals surface area (Å²) in [5.41, 5.74) is 1.02. The second-order valence-electron chi connectivity index (χ2n) is 2.82. The molecule has 0 aromatic carbocycles. The monoisotopic (exact) mass is 188 g/mol. The molecule has 1 N–H and O–H groups in total. The van der Waals surface area contributed by atoms with Crippen LogP contribution in [0.5, 0.6) is 0 Å². The SMILES string of the molecule is CC=CC(CC(O)CC)=C(C)Cl. The van der Waals surface area contributed by atoms with Crippen LogP contribution in [0.3, 0.4) is 0 Å². The van der Waals surface area contributed by atoms with Gasteiger partial charge in [-0.3, -0.25) is 0 Å². The highest BCUT2D eigenvalue weighted by Crippen LogP contribution is 2.17. The fourth-order valence-corrected chi connectivity index (χ4v) is 1.06. The highest BCUT2D eigenvalue weighted by atomic mass is 35.5. The van der Waals surface area contributed by atoms with Crippen LogP contribution in [0, 0.1) is 0 Å². The van der Waals surface area contributed by atoms with Gasteiger partial charge in [0, 0.05) is 5.03 Å². The number of aliphatic hydroxyl groups is 1. The number of halogens is 1. The molecule has 0 bridgehead atoms. The van der Waals surface area contributed by atoms with Crippen LogP contribution in [0.25, 0.3) is 0 Å². The summed E-state index contributed by atoms with van der Waals surface area (Å²) in [6, 6.07) is 0. The Balaban J connectivity index is 4.26. The Labute approximate surface area is 79.7 Å². The Bertz CT molecular complexity index is 178. The van der Waals surface area contributed by atoms with E-state index in [0.29, 0.717) is 6.42 Å². The Morgan fingerprint density at radius 2 is 2.17 bits per heavy atom. The van der Waals surface area contributed by atoms with Crippen LogP contribution in [0.1, 0.15) is 33.6 Å². The average molecular weight is 189 g/mol. The molecule has 0 aromatic rings. The van der Waals surface area contributed by atoms with Crippen LogP contribution < -0.4 is 0 Å². The number of allylic oxidation sites excluding steroid dienone is 3. The van der Waals surface area contributed by atoms with Crippen molar-refractivity contribution in [2.24, 2.45) is 0 Å². The van der Waals surface area contributed by atoms with E-state index < -0.39 is 0 Å². The van der Waals surface area contributed by atoms with Crippen LogP contribution in [0.15, 0.2) is 22.8 Å². The second-order valence-corrected chi connectivity index (χ2v) is 3.39. The zero-order chi connectivity index (χ0) is 9.56. The third-order valence-corrected chi connectivity index (χ3v) is 1.98. The van der Waals surface area contributed by atoms with Gasteiger partial charge in [-0.2, -0.15) is 0 Å². The lowest BCUT2D eigenvalue weighted by Gasteiger charge is -2.08. The van der Waals surface area contributed by atoms with Gasteiger partial charge in [-0.25, -0.2) is 0 Å². The first-order chi connectivity index (χ1) is 5.61. The minimum absolute atomic E-state index is 0.273. The van der Waals surface area contributed by atoms with Gasteiger partial charge >= 0.3 is 0 Å². The molecule has 0 heterocycles. The van der Waals surface area contributed by atoms with Crippen molar-refractivity contribution in [3.8, 4) is 0 Å². The number of hydrogen-bond donors (Lipinski definition) is 1. The summed E-state index contributed by atoms with van der Waals surface area (Å²) in [6.45, 7) is 5.75. The molecule has 0 fully saturated rings. The smallest absolute Gasteiger partial charge is 0.0578 e. The first-order valence-electron chi connectivity index (χ1n) is 4.27. The van der Waals surface area contributed by atoms with E-state index in [1.807, 2.05) is 32.9 Å². The Kier molecular flexibility index (Phi) is 6.13. The highest BCUT2D eigenvalue weighted by molar-refractivity contribution is 6.29. The molecule has 0 amide bonds. The molecule has 0 rings (SSSR count). The predicted molar refractivity (Wildman–Crippen MR) is 54.3 cm³/mol. The molecule has 0 saturated heterocycles. The number of rotatable bonds is 4. The van der Waals surface area contributed by atoms with Crippen LogP contribution >= 0.6 is 11.6 Å². The topological polar surface area (TPSA) is 20.2 Å². The molecule has 1 atom stereocenters. The van der Waals surface area contributed by atoms with Crippen LogP contribution in [-0.2, 0) is 0 Å². The van der Waals surface area contributed by atoms with Gasteiger partial charge in [0.05, 0.1) is 6.10 Å². The van der Waals surface area contributed by atoms with E-state index in [0.717, 1.165) is 17.0 Å². The standard InChI is InChI=1S/C10H17ClO/c1-4-6-9(8(3)11)7-10(12)5-2/h4,6,10,12H,5,7H2,1-3H3. The molecule has 12 heavy (non-hydrogen) atoms. The highest BCUT2D eigenvalue weighted by Gasteiger charge is 2.04.